The molecule has 3 rings (SSSR count). The van der Waals surface area contributed by atoms with E-state index < -0.39 is 5.97 Å². The molecule has 0 atom stereocenters. The number of ether oxygens (including phenoxy) is 1. The van der Waals surface area contributed by atoms with Crippen molar-refractivity contribution in [1.82, 2.24) is 10.2 Å². The van der Waals surface area contributed by atoms with Gasteiger partial charge in [0, 0.05) is 29.9 Å². The Morgan fingerprint density at radius 3 is 2.74 bits per heavy atom. The van der Waals surface area contributed by atoms with Gasteiger partial charge in [0.2, 0.25) is 5.13 Å². The van der Waals surface area contributed by atoms with Crippen molar-refractivity contribution >= 4 is 45.7 Å². The van der Waals surface area contributed by atoms with Gasteiger partial charge >= 0.3 is 5.97 Å². The molecule has 142 valence electrons. The van der Waals surface area contributed by atoms with Gasteiger partial charge in [-0.1, -0.05) is 55.1 Å². The third-order valence-electron chi connectivity index (χ3n) is 4.35. The molecule has 0 fully saturated rings. The number of fused-ring (bicyclic) bond motifs is 1. The largest absolute Gasteiger partial charge is 0.457 e. The molecule has 2 N–H and O–H groups in total. The maximum absolute atomic E-state index is 12.3. The lowest BCUT2D eigenvalue weighted by molar-refractivity contribution is -0.144. The van der Waals surface area contributed by atoms with Crippen LogP contribution in [0.25, 0.3) is 0 Å². The quantitative estimate of drug-likeness (QED) is 0.446. The van der Waals surface area contributed by atoms with Crippen LogP contribution < -0.4 is 10.6 Å². The predicted molar refractivity (Wildman–Crippen MR) is 107 cm³/mol. The molecule has 0 saturated carbocycles. The molecule has 27 heavy (non-hydrogen) atoms. The number of benzene rings is 1. The first-order valence-electron chi connectivity index (χ1n) is 8.24. The number of rotatable bonds is 6. The van der Waals surface area contributed by atoms with Crippen LogP contribution in [0.3, 0.4) is 0 Å². The van der Waals surface area contributed by atoms with Crippen molar-refractivity contribution in [1.29, 1.82) is 0 Å². The second-order valence-corrected chi connectivity index (χ2v) is 8.78. The van der Waals surface area contributed by atoms with E-state index in [0.717, 1.165) is 16.9 Å². The molecule has 0 amide bonds. The zero-order valence-corrected chi connectivity index (χ0v) is 16.9. The highest BCUT2D eigenvalue weighted by Crippen LogP contribution is 2.46. The first-order valence-corrected chi connectivity index (χ1v) is 10.0. The zero-order chi connectivity index (χ0) is 19.6. The predicted octanol–water partition coefficient (Wildman–Crippen LogP) is 2.64. The standard InChI is InChI=1S/C18H20N4O3S2/c1-18(2)12-6-4-5-7-13(12)22(3)14(18)8-11(23)9-25-15(24)10-26-17-21-20-16(19)27-17/h4-8H,9-10H2,1-3H3,(H2,19,20). The Kier molecular flexibility index (Phi) is 5.52. The van der Waals surface area contributed by atoms with Crippen molar-refractivity contribution in [3.05, 3.63) is 41.6 Å². The number of allylic oxidation sites excluding steroid dienone is 1. The van der Waals surface area contributed by atoms with Gasteiger partial charge in [-0.15, -0.1) is 10.2 Å². The number of nitrogens with zero attached hydrogens (tertiary/aromatic N) is 3. The van der Waals surface area contributed by atoms with Crippen molar-refractivity contribution in [2.45, 2.75) is 23.6 Å². The van der Waals surface area contributed by atoms with E-state index in [1.165, 1.54) is 23.1 Å². The lowest BCUT2D eigenvalue weighted by Crippen LogP contribution is -2.25. The first kappa shape index (κ1) is 19.4. The molecule has 0 unspecified atom stereocenters. The summed E-state index contributed by atoms with van der Waals surface area (Å²) in [5.74, 6) is -0.686. The van der Waals surface area contributed by atoms with Crippen molar-refractivity contribution in [2.24, 2.45) is 0 Å². The molecule has 2 heterocycles. The lowest BCUT2D eigenvalue weighted by Gasteiger charge is -2.23. The highest BCUT2D eigenvalue weighted by atomic mass is 32.2. The molecule has 7 nitrogen and oxygen atoms in total. The Balaban J connectivity index is 1.58. The number of nitrogens with two attached hydrogens (primary N) is 1. The smallest absolute Gasteiger partial charge is 0.316 e. The van der Waals surface area contributed by atoms with Crippen LogP contribution in [0.15, 0.2) is 40.4 Å². The number of carbonyl (C=O) groups is 2. The number of carbonyl (C=O) groups excluding carboxylic acids is 2. The van der Waals surface area contributed by atoms with E-state index >= 15 is 0 Å². The molecule has 0 saturated heterocycles. The number of aromatic nitrogens is 2. The molecule has 0 radical (unpaired) electrons. The van der Waals surface area contributed by atoms with Crippen LogP contribution in [0.5, 0.6) is 0 Å². The van der Waals surface area contributed by atoms with E-state index in [9.17, 15) is 9.59 Å². The third kappa shape index (κ3) is 4.14. The van der Waals surface area contributed by atoms with Gasteiger partial charge in [0.15, 0.2) is 16.7 Å². The highest BCUT2D eigenvalue weighted by Gasteiger charge is 2.38. The summed E-state index contributed by atoms with van der Waals surface area (Å²) < 4.78 is 5.66. The summed E-state index contributed by atoms with van der Waals surface area (Å²) >= 11 is 2.38. The van der Waals surface area contributed by atoms with E-state index in [-0.39, 0.29) is 23.6 Å². The van der Waals surface area contributed by atoms with Gasteiger partial charge in [-0.2, -0.15) is 0 Å². The van der Waals surface area contributed by atoms with Crippen molar-refractivity contribution in [3.63, 3.8) is 0 Å². The lowest BCUT2D eigenvalue weighted by atomic mass is 9.83. The number of anilines is 2. The molecule has 1 aromatic heterocycles. The van der Waals surface area contributed by atoms with Crippen LogP contribution in [-0.4, -0.2) is 41.4 Å². The minimum absolute atomic E-state index is 0.0509. The molecule has 9 heteroatoms. The number of nitrogen functional groups attached to an aromatic ring is 1. The van der Waals surface area contributed by atoms with Gasteiger partial charge in [0.1, 0.15) is 0 Å². The highest BCUT2D eigenvalue weighted by molar-refractivity contribution is 8.01. The average Bonchev–Trinajstić information content (AvgIpc) is 3.14. The summed E-state index contributed by atoms with van der Waals surface area (Å²) in [7, 11) is 1.93. The normalized spacial score (nSPS) is 16.4. The van der Waals surface area contributed by atoms with E-state index in [2.05, 4.69) is 30.1 Å². The number of likely N-dealkylation sites (N-methyl/N-ethyl adjacent to an activating group) is 1. The van der Waals surface area contributed by atoms with Crippen molar-refractivity contribution in [3.8, 4) is 0 Å². The van der Waals surface area contributed by atoms with E-state index in [1.54, 1.807) is 6.08 Å². The fourth-order valence-electron chi connectivity index (χ4n) is 3.05. The molecule has 2 aromatic rings. The third-order valence-corrected chi connectivity index (χ3v) is 6.21. The summed E-state index contributed by atoms with van der Waals surface area (Å²) in [5.41, 5.74) is 8.31. The summed E-state index contributed by atoms with van der Waals surface area (Å²) in [6.45, 7) is 3.86. The van der Waals surface area contributed by atoms with Crippen molar-refractivity contribution in [2.75, 3.05) is 30.0 Å². The molecule has 0 bridgehead atoms. The van der Waals surface area contributed by atoms with Gasteiger partial charge in [-0.3, -0.25) is 9.59 Å². The maximum Gasteiger partial charge on any atom is 0.316 e. The molecule has 0 spiro atoms. The fraction of sp³-hybridized carbons (Fsp3) is 0.333. The number of hydrogen-bond donors (Lipinski definition) is 1. The second kappa shape index (κ2) is 7.69. The summed E-state index contributed by atoms with van der Waals surface area (Å²) in [4.78, 5) is 26.2. The van der Waals surface area contributed by atoms with Crippen LogP contribution in [0.2, 0.25) is 0 Å². The second-order valence-electron chi connectivity index (χ2n) is 6.55. The molecular formula is C18H20N4O3S2. The molecular weight excluding hydrogens is 384 g/mol. The molecule has 0 aliphatic carbocycles. The fourth-order valence-corrected chi connectivity index (χ4v) is 4.48. The van der Waals surface area contributed by atoms with Crippen LogP contribution in [0, 0.1) is 0 Å². The van der Waals surface area contributed by atoms with Crippen LogP contribution >= 0.6 is 23.1 Å². The van der Waals surface area contributed by atoms with Gasteiger partial charge in [-0.25, -0.2) is 0 Å². The Morgan fingerprint density at radius 2 is 2.07 bits per heavy atom. The minimum atomic E-state index is -0.483. The van der Waals surface area contributed by atoms with Gasteiger partial charge in [-0.05, 0) is 11.6 Å². The first-order chi connectivity index (χ1) is 12.8. The molecule has 1 aliphatic heterocycles. The maximum atomic E-state index is 12.3. The van der Waals surface area contributed by atoms with Crippen LogP contribution in [-0.2, 0) is 19.7 Å². The van der Waals surface area contributed by atoms with Crippen molar-refractivity contribution < 1.29 is 14.3 Å². The van der Waals surface area contributed by atoms with Crippen LogP contribution in [0.1, 0.15) is 19.4 Å². The minimum Gasteiger partial charge on any atom is -0.457 e. The number of thioether (sulfide) groups is 1. The number of esters is 1. The number of para-hydroxylation sites is 1. The topological polar surface area (TPSA) is 98.4 Å². The number of hydrogen-bond acceptors (Lipinski definition) is 9. The van der Waals surface area contributed by atoms with Crippen LogP contribution in [0.4, 0.5) is 10.8 Å². The Bertz CT molecular complexity index is 908. The van der Waals surface area contributed by atoms with E-state index in [1.807, 2.05) is 30.1 Å². The summed E-state index contributed by atoms with van der Waals surface area (Å²) in [6.07, 6.45) is 1.56. The van der Waals surface area contributed by atoms with Gasteiger partial charge in [0.25, 0.3) is 0 Å². The number of ketones is 1. The Labute approximate surface area is 165 Å². The van der Waals surface area contributed by atoms with E-state index in [4.69, 9.17) is 10.5 Å². The SMILES string of the molecule is CN1C(=CC(=O)COC(=O)CSc2nnc(N)s2)C(C)(C)c2ccccc21. The summed E-state index contributed by atoms with van der Waals surface area (Å²) in [6, 6.07) is 8.06. The van der Waals surface area contributed by atoms with Gasteiger partial charge in [0.05, 0.1) is 5.75 Å². The average molecular weight is 405 g/mol. The zero-order valence-electron chi connectivity index (χ0n) is 15.3. The van der Waals surface area contributed by atoms with E-state index in [0.29, 0.717) is 9.47 Å². The summed E-state index contributed by atoms with van der Waals surface area (Å²) in [5, 5.41) is 7.83. The monoisotopic (exact) mass is 404 g/mol. The molecule has 1 aromatic carbocycles. The molecule has 1 aliphatic rings. The Hall–Kier alpha value is -2.39. The Morgan fingerprint density at radius 1 is 1.33 bits per heavy atom. The van der Waals surface area contributed by atoms with Gasteiger partial charge < -0.3 is 15.4 Å².